The van der Waals surface area contributed by atoms with Crippen molar-refractivity contribution in [3.63, 3.8) is 0 Å². The molecule has 1 aromatic heterocycles. The van der Waals surface area contributed by atoms with Crippen LogP contribution in [0.2, 0.25) is 0 Å². The summed E-state index contributed by atoms with van der Waals surface area (Å²) in [6.45, 7) is 4.85. The fraction of sp³-hybridized carbons (Fsp3) is 0.235. The minimum Gasteiger partial charge on any atom is -0.347 e. The molecule has 0 radical (unpaired) electrons. The van der Waals surface area contributed by atoms with Crippen LogP contribution in [0.15, 0.2) is 30.3 Å². The van der Waals surface area contributed by atoms with E-state index in [-0.39, 0.29) is 5.91 Å². The fourth-order valence-electron chi connectivity index (χ4n) is 1.82. The predicted octanol–water partition coefficient (Wildman–Crippen LogP) is 2.61. The Labute approximate surface area is 129 Å². The molecule has 0 atom stereocenters. The lowest BCUT2D eigenvalue weighted by atomic mass is 10.1. The Bertz CT molecular complexity index is 690. The summed E-state index contributed by atoms with van der Waals surface area (Å²) in [5.74, 6) is 5.74. The number of hydrogen-bond donors (Lipinski definition) is 2. The highest BCUT2D eigenvalue weighted by Crippen LogP contribution is 2.20. The van der Waals surface area contributed by atoms with Crippen molar-refractivity contribution >= 4 is 17.2 Å². The van der Waals surface area contributed by atoms with E-state index >= 15 is 0 Å². The van der Waals surface area contributed by atoms with Crippen LogP contribution in [0.5, 0.6) is 0 Å². The molecule has 1 amide bonds. The third-order valence-corrected chi connectivity index (χ3v) is 4.17. The molecule has 4 heteroatoms. The number of nitrogens with one attached hydrogen (secondary N) is 1. The molecule has 0 saturated heterocycles. The quantitative estimate of drug-likeness (QED) is 0.856. The smallest absolute Gasteiger partial charge is 0.261 e. The topological polar surface area (TPSA) is 55.1 Å². The molecular weight excluding hydrogens is 280 g/mol. The number of carbonyl (C=O) groups is 1. The number of amides is 1. The van der Waals surface area contributed by atoms with E-state index in [2.05, 4.69) is 17.2 Å². The zero-order valence-electron chi connectivity index (χ0n) is 12.2. The first-order valence-electron chi connectivity index (χ1n) is 6.73. The average Bonchev–Trinajstić information content (AvgIpc) is 2.85. The van der Waals surface area contributed by atoms with E-state index in [0.717, 1.165) is 16.0 Å². The number of carbonyl (C=O) groups excluding carboxylic acids is 1. The molecular formula is C17H18N2OS. The van der Waals surface area contributed by atoms with Crippen LogP contribution in [-0.2, 0) is 6.54 Å². The molecule has 0 unspecified atom stereocenters. The first-order chi connectivity index (χ1) is 10.1. The SMILES string of the molecule is Cc1ccc(CNC(=O)c2cc(C)c(C#CCN)s2)cc1. The fourth-order valence-corrected chi connectivity index (χ4v) is 2.79. The van der Waals surface area contributed by atoms with Crippen molar-refractivity contribution in [3.05, 3.63) is 56.8 Å². The number of rotatable bonds is 3. The van der Waals surface area contributed by atoms with Gasteiger partial charge in [0.1, 0.15) is 0 Å². The highest BCUT2D eigenvalue weighted by atomic mass is 32.1. The lowest BCUT2D eigenvalue weighted by Crippen LogP contribution is -2.21. The predicted molar refractivity (Wildman–Crippen MR) is 87.3 cm³/mol. The van der Waals surface area contributed by atoms with Gasteiger partial charge in [0.05, 0.1) is 16.3 Å². The third kappa shape index (κ3) is 4.19. The van der Waals surface area contributed by atoms with Gasteiger partial charge < -0.3 is 11.1 Å². The first kappa shape index (κ1) is 15.3. The van der Waals surface area contributed by atoms with Gasteiger partial charge in [0.25, 0.3) is 5.91 Å². The Morgan fingerprint density at radius 3 is 2.67 bits per heavy atom. The maximum atomic E-state index is 12.2. The van der Waals surface area contributed by atoms with Crippen LogP contribution in [0.4, 0.5) is 0 Å². The second-order valence-electron chi connectivity index (χ2n) is 4.80. The van der Waals surface area contributed by atoms with Crippen LogP contribution in [0, 0.1) is 25.7 Å². The highest BCUT2D eigenvalue weighted by molar-refractivity contribution is 7.14. The van der Waals surface area contributed by atoms with Gasteiger partial charge in [-0.3, -0.25) is 4.79 Å². The van der Waals surface area contributed by atoms with Crippen molar-refractivity contribution in [2.75, 3.05) is 6.54 Å². The van der Waals surface area contributed by atoms with Gasteiger partial charge in [0.2, 0.25) is 0 Å². The van der Waals surface area contributed by atoms with Gasteiger partial charge in [-0.2, -0.15) is 0 Å². The standard InChI is InChI=1S/C17H18N2OS/c1-12-5-7-14(8-6-12)11-19-17(20)16-10-13(2)15(21-16)4-3-9-18/h5-8,10H,9,11,18H2,1-2H3,(H,19,20). The summed E-state index contributed by atoms with van der Waals surface area (Å²) < 4.78 is 0. The maximum Gasteiger partial charge on any atom is 0.261 e. The Morgan fingerprint density at radius 1 is 1.29 bits per heavy atom. The molecule has 0 spiro atoms. The Balaban J connectivity index is 2.02. The van der Waals surface area contributed by atoms with Crippen molar-refractivity contribution < 1.29 is 4.79 Å². The lowest BCUT2D eigenvalue weighted by Gasteiger charge is -2.04. The summed E-state index contributed by atoms with van der Waals surface area (Å²) in [5, 5.41) is 2.93. The third-order valence-electron chi connectivity index (χ3n) is 3.02. The molecule has 21 heavy (non-hydrogen) atoms. The molecule has 1 heterocycles. The maximum absolute atomic E-state index is 12.2. The lowest BCUT2D eigenvalue weighted by molar-refractivity contribution is 0.0955. The molecule has 0 aliphatic heterocycles. The van der Waals surface area contributed by atoms with Crippen LogP contribution in [-0.4, -0.2) is 12.5 Å². The van der Waals surface area contributed by atoms with Gasteiger partial charge in [0, 0.05) is 6.54 Å². The molecule has 0 bridgehead atoms. The van der Waals surface area contributed by atoms with Crippen molar-refractivity contribution in [2.45, 2.75) is 20.4 Å². The molecule has 108 valence electrons. The summed E-state index contributed by atoms with van der Waals surface area (Å²) in [6, 6.07) is 9.99. The molecule has 1 aromatic carbocycles. The molecule has 0 aliphatic rings. The molecule has 0 fully saturated rings. The van der Waals surface area contributed by atoms with E-state index in [1.54, 1.807) is 0 Å². The number of hydrogen-bond acceptors (Lipinski definition) is 3. The zero-order chi connectivity index (χ0) is 15.2. The van der Waals surface area contributed by atoms with E-state index in [9.17, 15) is 4.79 Å². The van der Waals surface area contributed by atoms with E-state index in [1.807, 2.05) is 44.2 Å². The largest absolute Gasteiger partial charge is 0.347 e. The monoisotopic (exact) mass is 298 g/mol. The first-order valence-corrected chi connectivity index (χ1v) is 7.55. The van der Waals surface area contributed by atoms with Crippen LogP contribution in [0.3, 0.4) is 0 Å². The molecule has 3 nitrogen and oxygen atoms in total. The molecule has 2 aromatic rings. The van der Waals surface area contributed by atoms with Crippen molar-refractivity contribution in [1.29, 1.82) is 0 Å². The van der Waals surface area contributed by atoms with Crippen molar-refractivity contribution in [1.82, 2.24) is 5.32 Å². The van der Waals surface area contributed by atoms with Crippen LogP contribution >= 0.6 is 11.3 Å². The summed E-state index contributed by atoms with van der Waals surface area (Å²) in [7, 11) is 0. The van der Waals surface area contributed by atoms with Crippen LogP contribution < -0.4 is 11.1 Å². The summed E-state index contributed by atoms with van der Waals surface area (Å²) in [6.07, 6.45) is 0. The number of aryl methyl sites for hydroxylation is 2. The normalized spacial score (nSPS) is 9.86. The molecule has 0 aliphatic carbocycles. The van der Waals surface area contributed by atoms with Gasteiger partial charge in [-0.25, -0.2) is 0 Å². The van der Waals surface area contributed by atoms with Crippen LogP contribution in [0.25, 0.3) is 0 Å². The Kier molecular flexibility index (Phi) is 5.15. The Hall–Kier alpha value is -2.09. The highest BCUT2D eigenvalue weighted by Gasteiger charge is 2.11. The van der Waals surface area contributed by atoms with E-state index in [1.165, 1.54) is 16.9 Å². The number of thiophene rings is 1. The average molecular weight is 298 g/mol. The van der Waals surface area contributed by atoms with E-state index in [0.29, 0.717) is 18.0 Å². The van der Waals surface area contributed by atoms with E-state index in [4.69, 9.17) is 5.73 Å². The molecule has 0 saturated carbocycles. The van der Waals surface area contributed by atoms with Gasteiger partial charge in [-0.15, -0.1) is 11.3 Å². The van der Waals surface area contributed by atoms with Crippen molar-refractivity contribution in [2.24, 2.45) is 5.73 Å². The second-order valence-corrected chi connectivity index (χ2v) is 5.85. The summed E-state index contributed by atoms with van der Waals surface area (Å²) in [4.78, 5) is 13.7. The molecule has 2 rings (SSSR count). The Morgan fingerprint density at radius 2 is 2.00 bits per heavy atom. The number of benzene rings is 1. The molecule has 3 N–H and O–H groups in total. The van der Waals surface area contributed by atoms with Gasteiger partial charge in [-0.1, -0.05) is 41.7 Å². The number of nitrogens with two attached hydrogens (primary N) is 1. The minimum atomic E-state index is -0.0653. The van der Waals surface area contributed by atoms with Gasteiger partial charge in [0.15, 0.2) is 0 Å². The zero-order valence-corrected chi connectivity index (χ0v) is 13.0. The summed E-state index contributed by atoms with van der Waals surface area (Å²) in [5.41, 5.74) is 8.68. The van der Waals surface area contributed by atoms with Gasteiger partial charge in [-0.05, 0) is 31.0 Å². The second kappa shape index (κ2) is 7.07. The van der Waals surface area contributed by atoms with Crippen molar-refractivity contribution in [3.8, 4) is 11.8 Å². The van der Waals surface area contributed by atoms with Crippen LogP contribution in [0.1, 0.15) is 31.2 Å². The summed E-state index contributed by atoms with van der Waals surface area (Å²) >= 11 is 1.40. The van der Waals surface area contributed by atoms with Gasteiger partial charge >= 0.3 is 0 Å². The van der Waals surface area contributed by atoms with E-state index < -0.39 is 0 Å². The minimum absolute atomic E-state index is 0.0653.